The summed E-state index contributed by atoms with van der Waals surface area (Å²) in [6.07, 6.45) is 13.2. The Hall–Kier alpha value is -5.18. The highest BCUT2D eigenvalue weighted by Crippen LogP contribution is 2.33. The number of carbonyl (C=O) groups excluding carboxylic acids is 4. The summed E-state index contributed by atoms with van der Waals surface area (Å²) in [4.78, 5) is 61.9. The number of nitrogens with one attached hydrogen (secondary N) is 4. The number of carbonyl (C=O) groups is 4. The number of amides is 8. The van der Waals surface area contributed by atoms with E-state index in [9.17, 15) is 19.2 Å². The van der Waals surface area contributed by atoms with Crippen LogP contribution in [0.1, 0.15) is 62.6 Å². The van der Waals surface area contributed by atoms with Crippen molar-refractivity contribution in [3.05, 3.63) is 71.3 Å². The summed E-state index contributed by atoms with van der Waals surface area (Å²) in [5.41, 5.74) is 3.38. The van der Waals surface area contributed by atoms with Gasteiger partial charge in [-0.1, -0.05) is 29.8 Å². The number of urea groups is 4. The van der Waals surface area contributed by atoms with Gasteiger partial charge in [-0.15, -0.1) is 0 Å². The first-order valence-electron chi connectivity index (χ1n) is 19.4. The van der Waals surface area contributed by atoms with Crippen molar-refractivity contribution in [3.8, 4) is 0 Å². The standard InChI is InChI=1S/C20H26N4O3.C19H25ClN6O2/c1-21-19(25)23-10-4-5-16(12-23)24(15-8-9-15)20(26)22-11-14-13-27-18-7-3-2-6-17(14)18;1-21-18(27)24-8-2-3-16(12-24)26(15-5-6-15)19(28)22-9-14-11-25-10-13(20)4-7-17(25)23-14/h2-3,6-7,13,15-16H,4-5,8-12H2,1H3,(H,21,25)(H,22,26);4,7,10-11,15-16H,2-3,5-6,8-9,12H2,1H3,(H,21,27)(H,22,28)/t2*16-/m11/s1. The quantitative estimate of drug-likeness (QED) is 0.188. The van der Waals surface area contributed by atoms with E-state index < -0.39 is 0 Å². The molecular formula is C39H51ClN10O5. The average Bonchev–Trinajstić information content (AvgIpc) is 4.15. The van der Waals surface area contributed by atoms with Gasteiger partial charge in [-0.25, -0.2) is 24.2 Å². The summed E-state index contributed by atoms with van der Waals surface area (Å²) >= 11 is 6.01. The van der Waals surface area contributed by atoms with Gasteiger partial charge in [0.05, 0.1) is 35.6 Å². The molecule has 4 N–H and O–H groups in total. The second-order valence-corrected chi connectivity index (χ2v) is 15.2. The molecule has 16 heteroatoms. The highest BCUT2D eigenvalue weighted by Gasteiger charge is 2.41. The molecule has 8 rings (SSSR count). The molecule has 2 saturated carbocycles. The van der Waals surface area contributed by atoms with Gasteiger partial charge in [0.2, 0.25) is 0 Å². The van der Waals surface area contributed by atoms with Crippen molar-refractivity contribution < 1.29 is 23.6 Å². The van der Waals surface area contributed by atoms with Gasteiger partial charge in [-0.3, -0.25) is 0 Å². The lowest BCUT2D eigenvalue weighted by Crippen LogP contribution is -2.56. The molecule has 55 heavy (non-hydrogen) atoms. The predicted molar refractivity (Wildman–Crippen MR) is 209 cm³/mol. The molecule has 2 atom stereocenters. The fourth-order valence-electron chi connectivity index (χ4n) is 7.81. The molecule has 2 aliphatic heterocycles. The van der Waals surface area contributed by atoms with E-state index >= 15 is 0 Å². The minimum absolute atomic E-state index is 0.0495. The molecule has 3 aromatic heterocycles. The zero-order valence-electron chi connectivity index (χ0n) is 31.5. The van der Waals surface area contributed by atoms with Crippen molar-refractivity contribution in [2.45, 2.75) is 88.6 Å². The maximum atomic E-state index is 13.0. The molecule has 294 valence electrons. The Labute approximate surface area is 325 Å². The number of piperidine rings is 2. The number of halogens is 1. The van der Waals surface area contributed by atoms with Crippen LogP contribution in [0.15, 0.2) is 59.5 Å². The van der Waals surface area contributed by atoms with Gasteiger partial charge in [-0.05, 0) is 69.6 Å². The molecule has 5 heterocycles. The molecule has 0 bridgehead atoms. The normalized spacial score (nSPS) is 19.6. The third-order valence-electron chi connectivity index (χ3n) is 10.8. The van der Waals surface area contributed by atoms with E-state index in [-0.39, 0.29) is 42.2 Å². The van der Waals surface area contributed by atoms with Crippen molar-refractivity contribution in [1.82, 2.24) is 50.3 Å². The van der Waals surface area contributed by atoms with Crippen LogP contribution in [0.3, 0.4) is 0 Å². The van der Waals surface area contributed by atoms with Crippen LogP contribution in [-0.4, -0.2) is 118 Å². The summed E-state index contributed by atoms with van der Waals surface area (Å²) in [6, 6.07) is 11.9. The number of pyridine rings is 1. The molecule has 1 aromatic carbocycles. The van der Waals surface area contributed by atoms with Gasteiger partial charge in [0.15, 0.2) is 0 Å². The number of furan rings is 1. The van der Waals surface area contributed by atoms with Crippen molar-refractivity contribution in [2.75, 3.05) is 40.3 Å². The maximum absolute atomic E-state index is 13.0. The van der Waals surface area contributed by atoms with E-state index in [1.54, 1.807) is 42.4 Å². The van der Waals surface area contributed by atoms with Crippen molar-refractivity contribution in [2.24, 2.45) is 0 Å². The third-order valence-corrected chi connectivity index (χ3v) is 11.0. The number of nitrogens with zero attached hydrogens (tertiary/aromatic N) is 6. The predicted octanol–water partition coefficient (Wildman–Crippen LogP) is 5.38. The lowest BCUT2D eigenvalue weighted by molar-refractivity contribution is 0.116. The topological polar surface area (TPSA) is 160 Å². The Morgan fingerprint density at radius 2 is 1.35 bits per heavy atom. The second kappa shape index (κ2) is 17.1. The van der Waals surface area contributed by atoms with E-state index in [0.717, 1.165) is 92.3 Å². The Bertz CT molecular complexity index is 1990. The summed E-state index contributed by atoms with van der Waals surface area (Å²) < 4.78 is 7.41. The largest absolute Gasteiger partial charge is 0.464 e. The van der Waals surface area contributed by atoms with Gasteiger partial charge in [0, 0.05) is 82.2 Å². The molecule has 0 radical (unpaired) electrons. The van der Waals surface area contributed by atoms with Crippen LogP contribution in [0.4, 0.5) is 19.2 Å². The van der Waals surface area contributed by atoms with Gasteiger partial charge < -0.3 is 49.7 Å². The first-order chi connectivity index (χ1) is 26.7. The summed E-state index contributed by atoms with van der Waals surface area (Å²) in [5, 5.41) is 13.1. The molecule has 2 saturated heterocycles. The van der Waals surface area contributed by atoms with Gasteiger partial charge >= 0.3 is 24.1 Å². The van der Waals surface area contributed by atoms with Gasteiger partial charge in [0.1, 0.15) is 11.2 Å². The average molecular weight is 775 g/mol. The Balaban J connectivity index is 0.000000169. The van der Waals surface area contributed by atoms with Crippen LogP contribution >= 0.6 is 11.6 Å². The minimum atomic E-state index is -0.0821. The Morgan fingerprint density at radius 1 is 0.764 bits per heavy atom. The number of imidazole rings is 1. The van der Waals surface area contributed by atoms with Crippen LogP contribution in [-0.2, 0) is 13.1 Å². The lowest BCUT2D eigenvalue weighted by atomic mass is 10.0. The summed E-state index contributed by atoms with van der Waals surface area (Å²) in [6.45, 7) is 3.45. The molecule has 0 unspecified atom stereocenters. The number of likely N-dealkylation sites (tertiary alicyclic amines) is 2. The number of para-hydroxylation sites is 1. The van der Waals surface area contributed by atoms with E-state index in [4.69, 9.17) is 16.0 Å². The Kier molecular flexibility index (Phi) is 11.8. The number of fused-ring (bicyclic) bond motifs is 2. The van der Waals surface area contributed by atoms with Crippen LogP contribution in [0.5, 0.6) is 0 Å². The van der Waals surface area contributed by atoms with Gasteiger partial charge in [-0.2, -0.15) is 0 Å². The monoisotopic (exact) mass is 774 g/mol. The Morgan fingerprint density at radius 3 is 1.93 bits per heavy atom. The van der Waals surface area contributed by atoms with E-state index in [0.29, 0.717) is 37.2 Å². The highest BCUT2D eigenvalue weighted by atomic mass is 35.5. The third kappa shape index (κ3) is 9.21. The van der Waals surface area contributed by atoms with E-state index in [2.05, 4.69) is 26.3 Å². The van der Waals surface area contributed by atoms with Crippen molar-refractivity contribution >= 4 is 52.3 Å². The molecular weight excluding hydrogens is 724 g/mol. The number of benzene rings is 1. The highest BCUT2D eigenvalue weighted by molar-refractivity contribution is 6.30. The summed E-state index contributed by atoms with van der Waals surface area (Å²) in [7, 11) is 3.28. The lowest BCUT2D eigenvalue weighted by Gasteiger charge is -2.39. The molecule has 4 aromatic rings. The number of hydrogen-bond acceptors (Lipinski definition) is 6. The molecule has 4 aliphatic rings. The minimum Gasteiger partial charge on any atom is -0.464 e. The smallest absolute Gasteiger partial charge is 0.318 e. The zero-order valence-corrected chi connectivity index (χ0v) is 32.3. The fraction of sp³-hybridized carbons (Fsp3) is 0.513. The first-order valence-corrected chi connectivity index (χ1v) is 19.7. The SMILES string of the molecule is CNC(=O)N1CCC[C@@H](N(C(=O)NCc2cn3cc(Cl)ccc3n2)C2CC2)C1.CNC(=O)N1CCC[C@@H](N(C(=O)NCc2coc3ccccc23)C2CC2)C1. The van der Waals surface area contributed by atoms with Gasteiger partial charge in [0.25, 0.3) is 0 Å². The van der Waals surface area contributed by atoms with Crippen molar-refractivity contribution in [3.63, 3.8) is 0 Å². The van der Waals surface area contributed by atoms with Crippen LogP contribution in [0.2, 0.25) is 5.02 Å². The van der Waals surface area contributed by atoms with E-state index in [1.165, 1.54) is 0 Å². The van der Waals surface area contributed by atoms with Crippen molar-refractivity contribution in [1.29, 1.82) is 0 Å². The summed E-state index contributed by atoms with van der Waals surface area (Å²) in [5.74, 6) is 0. The van der Waals surface area contributed by atoms with Crippen LogP contribution < -0.4 is 21.3 Å². The number of aromatic nitrogens is 2. The molecule has 0 spiro atoms. The first kappa shape index (κ1) is 38.1. The van der Waals surface area contributed by atoms with E-state index in [1.807, 2.05) is 50.7 Å². The molecule has 2 aliphatic carbocycles. The van der Waals surface area contributed by atoms with Crippen LogP contribution in [0.25, 0.3) is 16.6 Å². The zero-order chi connectivity index (χ0) is 38.5. The second-order valence-electron chi connectivity index (χ2n) is 14.8. The molecule has 15 nitrogen and oxygen atoms in total. The molecule has 8 amide bonds. The number of hydrogen-bond donors (Lipinski definition) is 4. The molecule has 4 fully saturated rings. The fourth-order valence-corrected chi connectivity index (χ4v) is 7.97. The number of rotatable bonds is 8. The maximum Gasteiger partial charge on any atom is 0.318 e. The van der Waals surface area contributed by atoms with Crippen LogP contribution in [0, 0.1) is 0 Å².